The molecule has 0 aliphatic carbocycles. The van der Waals surface area contributed by atoms with Gasteiger partial charge in [0.1, 0.15) is 12.6 Å². The quantitative estimate of drug-likeness (QED) is 0.308. The third-order valence-electron chi connectivity index (χ3n) is 6.18. The molecule has 10 heteroatoms. The Bertz CT molecular complexity index is 1410. The number of anilines is 1. The summed E-state index contributed by atoms with van der Waals surface area (Å²) < 4.78 is 28.8. The van der Waals surface area contributed by atoms with Crippen molar-refractivity contribution >= 4 is 50.7 Å². The first-order valence-electron chi connectivity index (χ1n) is 12.6. The Morgan fingerprint density at radius 1 is 0.949 bits per heavy atom. The molecule has 0 radical (unpaired) electrons. The van der Waals surface area contributed by atoms with Crippen LogP contribution in [0.4, 0.5) is 5.69 Å². The number of halogens is 2. The Hall–Kier alpha value is -3.07. The van der Waals surface area contributed by atoms with Crippen LogP contribution in [0.2, 0.25) is 10.0 Å². The number of nitrogens with one attached hydrogen (secondary N) is 1. The van der Waals surface area contributed by atoms with Gasteiger partial charge in [-0.2, -0.15) is 0 Å². The largest absolute Gasteiger partial charge is 0.354 e. The summed E-state index contributed by atoms with van der Waals surface area (Å²) in [5.41, 5.74) is 2.64. The summed E-state index contributed by atoms with van der Waals surface area (Å²) in [5.74, 6) is -0.905. The number of benzene rings is 3. The number of carbonyl (C=O) groups is 2. The first kappa shape index (κ1) is 30.5. The molecule has 7 nitrogen and oxygen atoms in total. The zero-order valence-electron chi connectivity index (χ0n) is 22.4. The van der Waals surface area contributed by atoms with E-state index in [1.807, 2.05) is 26.8 Å². The number of aryl methyl sites for hydroxylation is 2. The fraction of sp³-hybridized carbons (Fsp3) is 0.310. The van der Waals surface area contributed by atoms with E-state index in [2.05, 4.69) is 5.32 Å². The van der Waals surface area contributed by atoms with Gasteiger partial charge < -0.3 is 10.2 Å². The van der Waals surface area contributed by atoms with Gasteiger partial charge in [-0.25, -0.2) is 8.42 Å². The van der Waals surface area contributed by atoms with E-state index in [0.29, 0.717) is 27.8 Å². The van der Waals surface area contributed by atoms with E-state index in [9.17, 15) is 18.0 Å². The number of hydrogen-bond donors (Lipinski definition) is 1. The molecule has 0 unspecified atom stereocenters. The van der Waals surface area contributed by atoms with Crippen LogP contribution in [0.5, 0.6) is 0 Å². The third-order valence-corrected chi connectivity index (χ3v) is 8.55. The zero-order chi connectivity index (χ0) is 28.7. The van der Waals surface area contributed by atoms with Gasteiger partial charge in [-0.15, -0.1) is 0 Å². The Morgan fingerprint density at radius 3 is 2.18 bits per heavy atom. The molecule has 0 aliphatic heterocycles. The van der Waals surface area contributed by atoms with Gasteiger partial charge in [-0.05, 0) is 80.3 Å². The van der Waals surface area contributed by atoms with Crippen LogP contribution >= 0.6 is 23.2 Å². The summed E-state index contributed by atoms with van der Waals surface area (Å²) in [6.45, 7) is 7.18. The van der Waals surface area contributed by atoms with Crippen LogP contribution in [-0.2, 0) is 26.2 Å². The molecule has 208 valence electrons. The number of amides is 2. The molecular formula is C29H33Cl2N3O4S. The smallest absolute Gasteiger partial charge is 0.264 e. The Balaban J connectivity index is 2.06. The number of nitrogens with zero attached hydrogens (tertiary/aromatic N) is 2. The lowest BCUT2D eigenvalue weighted by Gasteiger charge is -2.32. The maximum absolute atomic E-state index is 13.9. The Morgan fingerprint density at radius 2 is 1.59 bits per heavy atom. The fourth-order valence-electron chi connectivity index (χ4n) is 4.16. The minimum absolute atomic E-state index is 0.0123. The maximum atomic E-state index is 13.9. The fourth-order valence-corrected chi connectivity index (χ4v) is 6.04. The first-order chi connectivity index (χ1) is 18.4. The van der Waals surface area contributed by atoms with E-state index in [1.165, 1.54) is 17.0 Å². The molecule has 3 aromatic carbocycles. The first-order valence-corrected chi connectivity index (χ1v) is 14.8. The third kappa shape index (κ3) is 7.75. The molecule has 2 amide bonds. The van der Waals surface area contributed by atoms with Gasteiger partial charge in [0.2, 0.25) is 11.8 Å². The normalized spacial score (nSPS) is 12.1. The van der Waals surface area contributed by atoms with E-state index < -0.39 is 28.5 Å². The van der Waals surface area contributed by atoms with Crippen LogP contribution in [-0.4, -0.2) is 44.3 Å². The van der Waals surface area contributed by atoms with Crippen molar-refractivity contribution in [2.45, 2.75) is 51.6 Å². The standard InChI is InChI=1S/C29H33Cl2N3O4S/c1-5-13-32-29(36)22(4)33(18-23-11-12-24(30)17-27(23)31)28(35)19-34(25-15-20(2)14-21(3)16-25)39(37,38)26-9-7-6-8-10-26/h6-12,14-17,22H,5,13,18-19H2,1-4H3,(H,32,36)/t22-/m0/s1. The summed E-state index contributed by atoms with van der Waals surface area (Å²) in [5, 5.41) is 3.59. The molecule has 0 aromatic heterocycles. The van der Waals surface area contributed by atoms with Crippen molar-refractivity contribution in [1.29, 1.82) is 0 Å². The van der Waals surface area contributed by atoms with Crippen molar-refractivity contribution in [1.82, 2.24) is 10.2 Å². The topological polar surface area (TPSA) is 86.8 Å². The number of sulfonamides is 1. The maximum Gasteiger partial charge on any atom is 0.264 e. The molecule has 0 aliphatic rings. The molecule has 0 saturated carbocycles. The van der Waals surface area contributed by atoms with Crippen molar-refractivity contribution in [3.8, 4) is 0 Å². The van der Waals surface area contributed by atoms with E-state index >= 15 is 0 Å². The van der Waals surface area contributed by atoms with Gasteiger partial charge in [0, 0.05) is 23.1 Å². The van der Waals surface area contributed by atoms with Gasteiger partial charge in [-0.3, -0.25) is 13.9 Å². The monoisotopic (exact) mass is 589 g/mol. The molecule has 1 N–H and O–H groups in total. The second-order valence-electron chi connectivity index (χ2n) is 9.40. The minimum atomic E-state index is -4.12. The Labute approximate surface area is 240 Å². The van der Waals surface area contributed by atoms with Crippen molar-refractivity contribution in [2.75, 3.05) is 17.4 Å². The average Bonchev–Trinajstić information content (AvgIpc) is 2.89. The summed E-state index contributed by atoms with van der Waals surface area (Å²) in [4.78, 5) is 28.3. The van der Waals surface area contributed by atoms with Crippen LogP contribution in [0, 0.1) is 13.8 Å². The van der Waals surface area contributed by atoms with E-state index in [-0.39, 0.29) is 17.3 Å². The Kier molecular flexibility index (Phi) is 10.4. The highest BCUT2D eigenvalue weighted by atomic mass is 35.5. The lowest BCUT2D eigenvalue weighted by molar-refractivity contribution is -0.139. The van der Waals surface area contributed by atoms with E-state index in [0.717, 1.165) is 21.9 Å². The van der Waals surface area contributed by atoms with E-state index in [4.69, 9.17) is 23.2 Å². The van der Waals surface area contributed by atoms with Gasteiger partial charge in [0.25, 0.3) is 10.0 Å². The predicted molar refractivity (Wildman–Crippen MR) is 157 cm³/mol. The molecule has 0 saturated heterocycles. The van der Waals surface area contributed by atoms with Gasteiger partial charge in [0.05, 0.1) is 10.6 Å². The molecule has 0 heterocycles. The summed E-state index contributed by atoms with van der Waals surface area (Å²) >= 11 is 12.5. The van der Waals surface area contributed by atoms with Crippen LogP contribution in [0.1, 0.15) is 37.0 Å². The van der Waals surface area contributed by atoms with Crippen LogP contribution < -0.4 is 9.62 Å². The number of hydrogen-bond acceptors (Lipinski definition) is 4. The highest BCUT2D eigenvalue weighted by Gasteiger charge is 2.32. The molecule has 0 fully saturated rings. The van der Waals surface area contributed by atoms with Crippen LogP contribution in [0.15, 0.2) is 71.6 Å². The molecular weight excluding hydrogens is 557 g/mol. The SMILES string of the molecule is CCCNC(=O)[C@H](C)N(Cc1ccc(Cl)cc1Cl)C(=O)CN(c1cc(C)cc(C)c1)S(=O)(=O)c1ccccc1. The number of carbonyl (C=O) groups excluding carboxylic acids is 2. The van der Waals surface area contributed by atoms with Crippen molar-refractivity contribution in [3.63, 3.8) is 0 Å². The van der Waals surface area contributed by atoms with Crippen LogP contribution in [0.25, 0.3) is 0 Å². The summed E-state index contributed by atoms with van der Waals surface area (Å²) in [7, 11) is -4.12. The average molecular weight is 591 g/mol. The second-order valence-corrected chi connectivity index (χ2v) is 12.1. The molecule has 39 heavy (non-hydrogen) atoms. The van der Waals surface area contributed by atoms with Crippen LogP contribution in [0.3, 0.4) is 0 Å². The van der Waals surface area contributed by atoms with Gasteiger partial charge >= 0.3 is 0 Å². The number of rotatable bonds is 11. The minimum Gasteiger partial charge on any atom is -0.354 e. The molecule has 0 spiro atoms. The zero-order valence-corrected chi connectivity index (χ0v) is 24.8. The second kappa shape index (κ2) is 13.3. The molecule has 1 atom stereocenters. The van der Waals surface area contributed by atoms with Crippen molar-refractivity contribution in [2.24, 2.45) is 0 Å². The van der Waals surface area contributed by atoms with E-state index in [1.54, 1.807) is 55.5 Å². The highest BCUT2D eigenvalue weighted by molar-refractivity contribution is 7.92. The lowest BCUT2D eigenvalue weighted by Crippen LogP contribution is -2.51. The summed E-state index contributed by atoms with van der Waals surface area (Å²) in [6, 6.07) is 17.3. The predicted octanol–water partition coefficient (Wildman–Crippen LogP) is 5.75. The molecule has 3 aromatic rings. The molecule has 0 bridgehead atoms. The molecule has 3 rings (SSSR count). The van der Waals surface area contributed by atoms with Crippen molar-refractivity contribution < 1.29 is 18.0 Å². The summed E-state index contributed by atoms with van der Waals surface area (Å²) in [6.07, 6.45) is 0.727. The van der Waals surface area contributed by atoms with Crippen molar-refractivity contribution in [3.05, 3.63) is 93.5 Å². The lowest BCUT2D eigenvalue weighted by atomic mass is 10.1. The highest BCUT2D eigenvalue weighted by Crippen LogP contribution is 2.27. The van der Waals surface area contributed by atoms with Gasteiger partial charge in [0.15, 0.2) is 0 Å². The van der Waals surface area contributed by atoms with Gasteiger partial charge in [-0.1, -0.05) is 60.5 Å².